The van der Waals surface area contributed by atoms with Crippen LogP contribution < -0.4 is 9.47 Å². The fourth-order valence-electron chi connectivity index (χ4n) is 5.02. The Morgan fingerprint density at radius 2 is 1.76 bits per heavy atom. The van der Waals surface area contributed by atoms with Crippen LogP contribution in [0.5, 0.6) is 11.5 Å². The van der Waals surface area contributed by atoms with Crippen LogP contribution in [0, 0.1) is 17.7 Å². The monoisotopic (exact) mass is 458 g/mol. The summed E-state index contributed by atoms with van der Waals surface area (Å²) < 4.78 is 45.0. The molecule has 0 bridgehead atoms. The van der Waals surface area contributed by atoms with Crippen molar-refractivity contribution in [3.05, 3.63) is 59.4 Å². The van der Waals surface area contributed by atoms with Gasteiger partial charge in [-0.1, -0.05) is 12.1 Å². The van der Waals surface area contributed by atoms with Crippen molar-refractivity contribution in [2.24, 2.45) is 11.8 Å². The predicted molar refractivity (Wildman–Crippen MR) is 122 cm³/mol. The maximum Gasteiger partial charge on any atom is 0.341 e. The number of hydrogen-bond donors (Lipinski definition) is 0. The number of halogens is 2. The molecule has 4 nitrogen and oxygen atoms in total. The molecule has 2 unspecified atom stereocenters. The maximum atomic E-state index is 14.7. The van der Waals surface area contributed by atoms with Gasteiger partial charge in [0.25, 0.3) is 0 Å². The summed E-state index contributed by atoms with van der Waals surface area (Å²) in [5.74, 6) is 0.648. The van der Waals surface area contributed by atoms with Crippen molar-refractivity contribution >= 4 is 5.97 Å². The number of benzene rings is 2. The molecule has 2 aromatic carbocycles. The smallest absolute Gasteiger partial charge is 0.341 e. The van der Waals surface area contributed by atoms with Crippen LogP contribution in [-0.4, -0.2) is 33.0 Å². The van der Waals surface area contributed by atoms with Gasteiger partial charge in [0.2, 0.25) is 6.17 Å². The highest BCUT2D eigenvalue weighted by Crippen LogP contribution is 2.46. The topological polar surface area (TPSA) is 44.8 Å². The molecule has 0 amide bonds. The lowest BCUT2D eigenvalue weighted by Crippen LogP contribution is -2.26. The van der Waals surface area contributed by atoms with E-state index in [0.29, 0.717) is 24.0 Å². The van der Waals surface area contributed by atoms with Gasteiger partial charge in [0.05, 0.1) is 20.8 Å². The summed E-state index contributed by atoms with van der Waals surface area (Å²) in [6.45, 7) is 0.570. The maximum absolute atomic E-state index is 14.7. The Kier molecular flexibility index (Phi) is 7.51. The van der Waals surface area contributed by atoms with Crippen LogP contribution in [0.4, 0.5) is 8.78 Å². The van der Waals surface area contributed by atoms with E-state index in [-0.39, 0.29) is 17.7 Å². The van der Waals surface area contributed by atoms with E-state index in [1.807, 2.05) is 30.3 Å². The van der Waals surface area contributed by atoms with Crippen LogP contribution in [0.1, 0.15) is 61.5 Å². The van der Waals surface area contributed by atoms with Crippen molar-refractivity contribution < 1.29 is 27.8 Å². The standard InChI is InChI=1S/C27H32F2O4/c1-31-21-12-13-24(28)23(15-21)18-8-6-17(7-9-18)16-33-22-5-3-4-20(14-22)25(19-10-11-19)26(29)27(30)32-2/h3-5,12-15,17-19,25-26H,6-11,16H2,1-2H3. The SMILES string of the molecule is COC(=O)C(F)C(c1cccc(OCC2CCC(c3cc(OC)ccc3F)CC2)c1)C1CC1. The highest BCUT2D eigenvalue weighted by atomic mass is 19.1. The number of alkyl halides is 1. The number of carbonyl (C=O) groups excluding carboxylic acids is 1. The van der Waals surface area contributed by atoms with Crippen molar-refractivity contribution in [1.29, 1.82) is 0 Å². The third-order valence-corrected chi connectivity index (χ3v) is 7.09. The van der Waals surface area contributed by atoms with Gasteiger partial charge < -0.3 is 14.2 Å². The molecule has 2 saturated carbocycles. The van der Waals surface area contributed by atoms with Crippen LogP contribution in [-0.2, 0) is 9.53 Å². The Balaban J connectivity index is 1.34. The minimum absolute atomic E-state index is 0.168. The molecule has 2 aliphatic rings. The molecule has 2 fully saturated rings. The summed E-state index contributed by atoms with van der Waals surface area (Å²) in [5, 5.41) is 0. The number of hydrogen-bond acceptors (Lipinski definition) is 4. The minimum Gasteiger partial charge on any atom is -0.497 e. The van der Waals surface area contributed by atoms with Gasteiger partial charge in [0.1, 0.15) is 17.3 Å². The summed E-state index contributed by atoms with van der Waals surface area (Å²) in [5.41, 5.74) is 1.52. The van der Waals surface area contributed by atoms with Crippen LogP contribution in [0.2, 0.25) is 0 Å². The lowest BCUT2D eigenvalue weighted by atomic mass is 9.79. The zero-order valence-corrected chi connectivity index (χ0v) is 19.3. The van der Waals surface area contributed by atoms with Crippen molar-refractivity contribution in [1.82, 2.24) is 0 Å². The van der Waals surface area contributed by atoms with E-state index in [1.54, 1.807) is 13.2 Å². The summed E-state index contributed by atoms with van der Waals surface area (Å²) >= 11 is 0. The molecule has 178 valence electrons. The highest BCUT2D eigenvalue weighted by Gasteiger charge is 2.42. The largest absolute Gasteiger partial charge is 0.497 e. The average Bonchev–Trinajstić information content (AvgIpc) is 3.68. The summed E-state index contributed by atoms with van der Waals surface area (Å²) in [6, 6.07) is 12.4. The van der Waals surface area contributed by atoms with Crippen molar-refractivity contribution in [3.63, 3.8) is 0 Å². The molecular formula is C27H32F2O4. The van der Waals surface area contributed by atoms with Gasteiger partial charge in [-0.2, -0.15) is 0 Å². The normalized spacial score (nSPS) is 22.3. The van der Waals surface area contributed by atoms with Gasteiger partial charge in [0, 0.05) is 5.92 Å². The summed E-state index contributed by atoms with van der Waals surface area (Å²) in [6.07, 6.45) is 3.91. The Morgan fingerprint density at radius 3 is 2.42 bits per heavy atom. The predicted octanol–water partition coefficient (Wildman–Crippen LogP) is 6.19. The quantitative estimate of drug-likeness (QED) is 0.420. The number of esters is 1. The molecule has 2 atom stereocenters. The van der Waals surface area contributed by atoms with E-state index >= 15 is 0 Å². The third-order valence-electron chi connectivity index (χ3n) is 7.09. The molecule has 2 aliphatic carbocycles. The van der Waals surface area contributed by atoms with Gasteiger partial charge in [-0.15, -0.1) is 0 Å². The molecule has 0 aromatic heterocycles. The Labute approximate surface area is 194 Å². The van der Waals surface area contributed by atoms with Gasteiger partial charge in [-0.25, -0.2) is 13.6 Å². The van der Waals surface area contributed by atoms with Crippen molar-refractivity contribution in [2.45, 2.75) is 56.5 Å². The second kappa shape index (κ2) is 10.5. The number of carbonyl (C=O) groups is 1. The fraction of sp³-hybridized carbons (Fsp3) is 0.519. The second-order valence-corrected chi connectivity index (χ2v) is 9.28. The average molecular weight is 459 g/mol. The van der Waals surface area contributed by atoms with Crippen LogP contribution >= 0.6 is 0 Å². The van der Waals surface area contributed by atoms with E-state index in [9.17, 15) is 13.6 Å². The summed E-state index contributed by atoms with van der Waals surface area (Å²) in [7, 11) is 2.81. The van der Waals surface area contributed by atoms with E-state index < -0.39 is 18.1 Å². The first-order valence-electron chi connectivity index (χ1n) is 11.8. The second-order valence-electron chi connectivity index (χ2n) is 9.28. The lowest BCUT2D eigenvalue weighted by molar-refractivity contribution is -0.147. The van der Waals surface area contributed by atoms with E-state index in [0.717, 1.165) is 49.7 Å². The molecule has 0 spiro atoms. The van der Waals surface area contributed by atoms with Gasteiger partial charge in [-0.05, 0) is 97.7 Å². The lowest BCUT2D eigenvalue weighted by Gasteiger charge is -2.29. The van der Waals surface area contributed by atoms with Gasteiger partial charge in [0.15, 0.2) is 0 Å². The molecule has 2 aromatic rings. The Hall–Kier alpha value is -2.63. The highest BCUT2D eigenvalue weighted by molar-refractivity contribution is 5.76. The van der Waals surface area contributed by atoms with Gasteiger partial charge >= 0.3 is 5.97 Å². The van der Waals surface area contributed by atoms with Gasteiger partial charge in [-0.3, -0.25) is 0 Å². The first-order chi connectivity index (χ1) is 16.0. The first kappa shape index (κ1) is 23.5. The molecule has 6 heteroatoms. The number of rotatable bonds is 9. The van der Waals surface area contributed by atoms with Crippen molar-refractivity contribution in [2.75, 3.05) is 20.8 Å². The van der Waals surface area contributed by atoms with Crippen molar-refractivity contribution in [3.8, 4) is 11.5 Å². The van der Waals surface area contributed by atoms with Crippen LogP contribution in [0.3, 0.4) is 0 Å². The zero-order chi connectivity index (χ0) is 23.4. The molecule has 0 aliphatic heterocycles. The molecule has 0 heterocycles. The van der Waals surface area contributed by atoms with E-state index in [1.165, 1.54) is 13.2 Å². The third kappa shape index (κ3) is 5.66. The summed E-state index contributed by atoms with van der Waals surface area (Å²) in [4.78, 5) is 11.8. The molecule has 4 rings (SSSR count). The number of ether oxygens (including phenoxy) is 3. The van der Waals surface area contributed by atoms with E-state index in [2.05, 4.69) is 4.74 Å². The van der Waals surface area contributed by atoms with Crippen LogP contribution in [0.15, 0.2) is 42.5 Å². The molecule has 0 radical (unpaired) electrons. The number of methoxy groups -OCH3 is 2. The first-order valence-corrected chi connectivity index (χ1v) is 11.8. The molecule has 0 N–H and O–H groups in total. The zero-order valence-electron chi connectivity index (χ0n) is 19.3. The fourth-order valence-corrected chi connectivity index (χ4v) is 5.02. The Bertz CT molecular complexity index is 951. The molecular weight excluding hydrogens is 426 g/mol. The Morgan fingerprint density at radius 1 is 1.00 bits per heavy atom. The van der Waals surface area contributed by atoms with E-state index in [4.69, 9.17) is 9.47 Å². The minimum atomic E-state index is -1.66. The van der Waals surface area contributed by atoms with Crippen LogP contribution in [0.25, 0.3) is 0 Å². The molecule has 0 saturated heterocycles. The molecule has 33 heavy (non-hydrogen) atoms.